The maximum absolute atomic E-state index is 6.77. The van der Waals surface area contributed by atoms with E-state index in [0.717, 1.165) is 13.1 Å². The maximum atomic E-state index is 6.77. The molecule has 2 rings (SSSR count). The number of ether oxygens (including phenoxy) is 1. The quantitative estimate of drug-likeness (QED) is 0.779. The summed E-state index contributed by atoms with van der Waals surface area (Å²) in [7, 11) is 6.61. The Morgan fingerprint density at radius 1 is 1.05 bits per heavy atom. The minimum Gasteiger partial charge on any atom is -0.369 e. The van der Waals surface area contributed by atoms with Crippen LogP contribution < -0.4 is 0 Å². The largest absolute Gasteiger partial charge is 0.369 e. The first-order valence-corrected chi connectivity index (χ1v) is 8.29. The molecule has 3 atom stereocenters. The standard InChI is InChI=1S/C18H36N2O/c1-15(2)13-14(21-17(5,6)16(15,3)4)18(7,11-19(8)9)12-20(13)10/h13-14H,11-12H2,1-10H3. The molecule has 2 aliphatic heterocycles. The molecule has 2 heterocycles. The van der Waals surface area contributed by atoms with Crippen LogP contribution in [0.4, 0.5) is 0 Å². The summed E-state index contributed by atoms with van der Waals surface area (Å²) < 4.78 is 6.77. The van der Waals surface area contributed by atoms with Gasteiger partial charge in [0.05, 0.1) is 11.7 Å². The van der Waals surface area contributed by atoms with E-state index in [-0.39, 0.29) is 21.8 Å². The van der Waals surface area contributed by atoms with Crippen LogP contribution in [0.5, 0.6) is 0 Å². The SMILES string of the molecule is CN(C)CC1(C)CN(C)C2C1OC(C)(C)C(C)(C)C2(C)C. The first kappa shape index (κ1) is 17.2. The average molecular weight is 296 g/mol. The number of fused-ring (bicyclic) bond motifs is 1. The number of nitrogens with zero attached hydrogens (tertiary/aromatic N) is 2. The highest BCUT2D eigenvalue weighted by atomic mass is 16.5. The normalized spacial score (nSPS) is 41.3. The predicted octanol–water partition coefficient (Wildman–Crippen LogP) is 3.10. The van der Waals surface area contributed by atoms with Gasteiger partial charge < -0.3 is 9.64 Å². The molecule has 0 aromatic carbocycles. The van der Waals surface area contributed by atoms with E-state index in [1.807, 2.05) is 0 Å². The van der Waals surface area contributed by atoms with Crippen LogP contribution in [-0.2, 0) is 4.74 Å². The van der Waals surface area contributed by atoms with Crippen LogP contribution in [0.1, 0.15) is 48.5 Å². The first-order chi connectivity index (χ1) is 9.26. The van der Waals surface area contributed by atoms with E-state index in [1.165, 1.54) is 0 Å². The Morgan fingerprint density at radius 3 is 2.05 bits per heavy atom. The van der Waals surface area contributed by atoms with E-state index in [1.54, 1.807) is 0 Å². The molecule has 2 fully saturated rings. The molecule has 0 amide bonds. The summed E-state index contributed by atoms with van der Waals surface area (Å²) in [5.41, 5.74) is 0.404. The number of likely N-dealkylation sites (N-methyl/N-ethyl adjacent to an activating group) is 1. The van der Waals surface area contributed by atoms with Crippen LogP contribution in [0.2, 0.25) is 0 Å². The molecule has 3 nitrogen and oxygen atoms in total. The van der Waals surface area contributed by atoms with Gasteiger partial charge in [-0.3, -0.25) is 4.90 Å². The Kier molecular flexibility index (Phi) is 3.85. The van der Waals surface area contributed by atoms with Crippen molar-refractivity contribution < 1.29 is 4.74 Å². The van der Waals surface area contributed by atoms with Gasteiger partial charge in [0.15, 0.2) is 0 Å². The van der Waals surface area contributed by atoms with Crippen molar-refractivity contribution >= 4 is 0 Å². The molecule has 0 spiro atoms. The highest BCUT2D eigenvalue weighted by Crippen LogP contribution is 2.60. The van der Waals surface area contributed by atoms with Crippen molar-refractivity contribution in [1.82, 2.24) is 9.80 Å². The van der Waals surface area contributed by atoms with Crippen molar-refractivity contribution in [2.45, 2.75) is 66.2 Å². The Hall–Kier alpha value is -0.120. The van der Waals surface area contributed by atoms with E-state index >= 15 is 0 Å². The summed E-state index contributed by atoms with van der Waals surface area (Å²) in [5, 5.41) is 0. The molecule has 0 N–H and O–H groups in total. The molecule has 2 aliphatic rings. The second kappa shape index (κ2) is 4.69. The van der Waals surface area contributed by atoms with E-state index in [4.69, 9.17) is 4.74 Å². The van der Waals surface area contributed by atoms with E-state index in [9.17, 15) is 0 Å². The zero-order valence-electron chi connectivity index (χ0n) is 15.9. The molecule has 2 saturated heterocycles. The molecule has 124 valence electrons. The third-order valence-corrected chi connectivity index (χ3v) is 7.01. The number of rotatable bonds is 2. The molecule has 3 unspecified atom stereocenters. The lowest BCUT2D eigenvalue weighted by Crippen LogP contribution is -2.67. The zero-order chi connectivity index (χ0) is 16.4. The fourth-order valence-corrected chi connectivity index (χ4v) is 4.98. The van der Waals surface area contributed by atoms with Crippen molar-refractivity contribution in [3.8, 4) is 0 Å². The van der Waals surface area contributed by atoms with Crippen LogP contribution in [0.15, 0.2) is 0 Å². The summed E-state index contributed by atoms with van der Waals surface area (Å²) in [6.45, 7) is 18.8. The summed E-state index contributed by atoms with van der Waals surface area (Å²) in [6.07, 6.45) is 0.294. The Labute approximate surface area is 132 Å². The van der Waals surface area contributed by atoms with E-state index in [2.05, 4.69) is 79.4 Å². The molecule has 3 heteroatoms. The molecule has 0 radical (unpaired) electrons. The van der Waals surface area contributed by atoms with Gasteiger partial charge in [-0.15, -0.1) is 0 Å². The summed E-state index contributed by atoms with van der Waals surface area (Å²) in [5.74, 6) is 0. The second-order valence-electron chi connectivity index (χ2n) is 9.65. The topological polar surface area (TPSA) is 15.7 Å². The van der Waals surface area contributed by atoms with Gasteiger partial charge in [-0.05, 0) is 45.8 Å². The maximum Gasteiger partial charge on any atom is 0.0820 e. The highest BCUT2D eigenvalue weighted by Gasteiger charge is 2.66. The van der Waals surface area contributed by atoms with Crippen molar-refractivity contribution in [2.24, 2.45) is 16.2 Å². The van der Waals surface area contributed by atoms with E-state index < -0.39 is 0 Å². The van der Waals surface area contributed by atoms with Crippen LogP contribution in [-0.4, -0.2) is 61.8 Å². The molecule has 21 heavy (non-hydrogen) atoms. The van der Waals surface area contributed by atoms with Crippen molar-refractivity contribution in [1.29, 1.82) is 0 Å². The lowest BCUT2D eigenvalue weighted by Gasteiger charge is -2.62. The number of likely N-dealkylation sites (tertiary alicyclic amines) is 1. The van der Waals surface area contributed by atoms with Gasteiger partial charge in [-0.25, -0.2) is 0 Å². The average Bonchev–Trinajstić information content (AvgIpc) is 2.46. The van der Waals surface area contributed by atoms with Gasteiger partial charge in [0.1, 0.15) is 0 Å². The molecular formula is C18H36N2O. The summed E-state index contributed by atoms with van der Waals surface area (Å²) in [4.78, 5) is 4.85. The van der Waals surface area contributed by atoms with Crippen molar-refractivity contribution in [2.75, 3.05) is 34.2 Å². The van der Waals surface area contributed by atoms with E-state index in [0.29, 0.717) is 12.1 Å². The fourth-order valence-electron chi connectivity index (χ4n) is 4.98. The smallest absolute Gasteiger partial charge is 0.0820 e. The molecule has 0 saturated carbocycles. The number of hydrogen-bond acceptors (Lipinski definition) is 3. The molecular weight excluding hydrogens is 260 g/mol. The van der Waals surface area contributed by atoms with Crippen molar-refractivity contribution in [3.63, 3.8) is 0 Å². The van der Waals surface area contributed by atoms with Gasteiger partial charge in [0.2, 0.25) is 0 Å². The Morgan fingerprint density at radius 2 is 1.57 bits per heavy atom. The Bertz CT molecular complexity index is 413. The zero-order valence-corrected chi connectivity index (χ0v) is 15.9. The monoisotopic (exact) mass is 296 g/mol. The molecule has 0 bridgehead atoms. The minimum absolute atomic E-state index is 0.115. The van der Waals surface area contributed by atoms with Gasteiger partial charge in [0, 0.05) is 24.5 Å². The predicted molar refractivity (Wildman–Crippen MR) is 89.6 cm³/mol. The van der Waals surface area contributed by atoms with Crippen LogP contribution in [0.3, 0.4) is 0 Å². The Balaban J connectivity index is 2.47. The first-order valence-electron chi connectivity index (χ1n) is 8.29. The van der Waals surface area contributed by atoms with Crippen LogP contribution in [0, 0.1) is 16.2 Å². The van der Waals surface area contributed by atoms with Gasteiger partial charge >= 0.3 is 0 Å². The molecule has 0 aromatic rings. The third-order valence-electron chi connectivity index (χ3n) is 7.01. The van der Waals surface area contributed by atoms with Crippen LogP contribution >= 0.6 is 0 Å². The fraction of sp³-hybridized carbons (Fsp3) is 1.00. The van der Waals surface area contributed by atoms with Gasteiger partial charge in [-0.2, -0.15) is 0 Å². The highest BCUT2D eigenvalue weighted by molar-refractivity contribution is 5.16. The summed E-state index contributed by atoms with van der Waals surface area (Å²) >= 11 is 0. The molecule has 0 aliphatic carbocycles. The second-order valence-corrected chi connectivity index (χ2v) is 9.65. The number of hydrogen-bond donors (Lipinski definition) is 0. The van der Waals surface area contributed by atoms with Crippen molar-refractivity contribution in [3.05, 3.63) is 0 Å². The summed E-state index contributed by atoms with van der Waals surface area (Å²) in [6, 6.07) is 0.477. The molecule has 0 aromatic heterocycles. The minimum atomic E-state index is -0.115. The van der Waals surface area contributed by atoms with Gasteiger partial charge in [0.25, 0.3) is 0 Å². The lowest BCUT2D eigenvalue weighted by atomic mass is 9.53. The lowest BCUT2D eigenvalue weighted by molar-refractivity contribution is -0.260. The third kappa shape index (κ3) is 2.27. The van der Waals surface area contributed by atoms with Crippen LogP contribution in [0.25, 0.3) is 0 Å². The van der Waals surface area contributed by atoms with Gasteiger partial charge in [-0.1, -0.05) is 34.6 Å².